The Labute approximate surface area is 150 Å². The zero-order valence-electron chi connectivity index (χ0n) is 12.6. The monoisotopic (exact) mass is 420 g/mol. The van der Waals surface area contributed by atoms with Crippen LogP contribution in [0.3, 0.4) is 0 Å². The van der Waals surface area contributed by atoms with Crippen molar-refractivity contribution in [3.63, 3.8) is 0 Å². The zero-order valence-corrected chi connectivity index (χ0v) is 15.0. The number of benzene rings is 1. The van der Waals surface area contributed by atoms with Crippen molar-refractivity contribution in [1.82, 2.24) is 10.2 Å². The van der Waals surface area contributed by atoms with Crippen molar-refractivity contribution in [2.75, 3.05) is 26.2 Å². The Hall–Kier alpha value is -1.09. The second-order valence-electron chi connectivity index (χ2n) is 5.47. The highest BCUT2D eigenvalue weighted by Gasteiger charge is 2.32. The lowest BCUT2D eigenvalue weighted by atomic mass is 10.0. The first-order valence-electron chi connectivity index (χ1n) is 7.47. The van der Waals surface area contributed by atoms with Gasteiger partial charge >= 0.3 is 6.36 Å². The summed E-state index contributed by atoms with van der Waals surface area (Å²) < 4.78 is 42.4. The summed E-state index contributed by atoms with van der Waals surface area (Å²) in [6.07, 6.45) is -4.70. The van der Waals surface area contributed by atoms with Crippen molar-refractivity contribution in [2.24, 2.45) is 0 Å². The van der Waals surface area contributed by atoms with Gasteiger partial charge in [0.2, 0.25) is 0 Å². The van der Waals surface area contributed by atoms with E-state index in [0.29, 0.717) is 4.47 Å². The Morgan fingerprint density at radius 2 is 1.96 bits per heavy atom. The standard InChI is InChI=1S/C16H16BrF3N2OS/c17-12-8-11(9-13(10-12)23-16(18,19)20)15(14-2-1-7-24-14)22-5-3-21-4-6-22/h1-2,7-10,15,21H,3-6H2/t15-/m1/s1. The summed E-state index contributed by atoms with van der Waals surface area (Å²) in [5.74, 6) is -0.205. The molecule has 1 aromatic carbocycles. The maximum atomic E-state index is 12.6. The fourth-order valence-electron chi connectivity index (χ4n) is 2.88. The van der Waals surface area contributed by atoms with Gasteiger partial charge in [-0.15, -0.1) is 24.5 Å². The molecule has 1 aliphatic rings. The van der Waals surface area contributed by atoms with Crippen LogP contribution in [0.25, 0.3) is 0 Å². The number of rotatable bonds is 4. The van der Waals surface area contributed by atoms with Crippen LogP contribution in [0.2, 0.25) is 0 Å². The molecule has 0 unspecified atom stereocenters. The summed E-state index contributed by atoms with van der Waals surface area (Å²) in [5, 5.41) is 5.28. The molecule has 0 bridgehead atoms. The summed E-state index contributed by atoms with van der Waals surface area (Å²) in [5.41, 5.74) is 0.785. The Bertz CT molecular complexity index is 672. The van der Waals surface area contributed by atoms with E-state index in [1.807, 2.05) is 23.6 Å². The third kappa shape index (κ3) is 4.50. The minimum Gasteiger partial charge on any atom is -0.406 e. The number of nitrogens with one attached hydrogen (secondary N) is 1. The molecule has 1 aromatic heterocycles. The van der Waals surface area contributed by atoms with Crippen molar-refractivity contribution in [3.8, 4) is 5.75 Å². The second-order valence-corrected chi connectivity index (χ2v) is 7.37. The number of hydrogen-bond acceptors (Lipinski definition) is 4. The van der Waals surface area contributed by atoms with Gasteiger partial charge in [0.1, 0.15) is 5.75 Å². The van der Waals surface area contributed by atoms with Gasteiger partial charge in [0.15, 0.2) is 0 Å². The number of alkyl halides is 3. The molecule has 0 saturated carbocycles. The van der Waals surface area contributed by atoms with Crippen molar-refractivity contribution >= 4 is 27.3 Å². The molecule has 3 nitrogen and oxygen atoms in total. The van der Waals surface area contributed by atoms with Crippen LogP contribution in [0.4, 0.5) is 13.2 Å². The molecule has 1 N–H and O–H groups in total. The molecular weight excluding hydrogens is 405 g/mol. The molecule has 24 heavy (non-hydrogen) atoms. The van der Waals surface area contributed by atoms with Gasteiger partial charge in [-0.1, -0.05) is 22.0 Å². The average molecular weight is 421 g/mol. The molecule has 8 heteroatoms. The Morgan fingerprint density at radius 3 is 2.58 bits per heavy atom. The van der Waals surface area contributed by atoms with Gasteiger partial charge in [-0.05, 0) is 35.2 Å². The minimum absolute atomic E-state index is 0.0832. The van der Waals surface area contributed by atoms with Crippen LogP contribution in [0.1, 0.15) is 16.5 Å². The largest absolute Gasteiger partial charge is 0.573 e. The number of piperazine rings is 1. The molecule has 1 aliphatic heterocycles. The van der Waals surface area contributed by atoms with Gasteiger partial charge < -0.3 is 10.1 Å². The van der Waals surface area contributed by atoms with E-state index >= 15 is 0 Å². The summed E-state index contributed by atoms with van der Waals surface area (Å²) in [4.78, 5) is 3.38. The summed E-state index contributed by atoms with van der Waals surface area (Å²) >= 11 is 4.91. The van der Waals surface area contributed by atoms with E-state index in [4.69, 9.17) is 0 Å². The molecule has 1 atom stereocenters. The molecule has 3 rings (SSSR count). The summed E-state index contributed by atoms with van der Waals surface area (Å²) in [6.45, 7) is 3.40. The van der Waals surface area contributed by atoms with Crippen LogP contribution in [0, 0.1) is 0 Å². The minimum atomic E-state index is -4.70. The van der Waals surface area contributed by atoms with E-state index in [2.05, 4.69) is 30.9 Å². The van der Waals surface area contributed by atoms with Gasteiger partial charge in [-0.25, -0.2) is 0 Å². The lowest BCUT2D eigenvalue weighted by Crippen LogP contribution is -2.45. The molecular formula is C16H16BrF3N2OS. The van der Waals surface area contributed by atoms with Crippen LogP contribution in [-0.2, 0) is 0 Å². The highest BCUT2D eigenvalue weighted by atomic mass is 79.9. The molecule has 0 radical (unpaired) electrons. The maximum absolute atomic E-state index is 12.6. The van der Waals surface area contributed by atoms with E-state index < -0.39 is 6.36 Å². The molecule has 130 valence electrons. The van der Waals surface area contributed by atoms with Gasteiger partial charge in [-0.2, -0.15) is 0 Å². The second kappa shape index (κ2) is 7.43. The smallest absolute Gasteiger partial charge is 0.406 e. The molecule has 0 aliphatic carbocycles. The van der Waals surface area contributed by atoms with E-state index in [1.165, 1.54) is 12.1 Å². The predicted octanol–water partition coefficient (Wildman–Crippen LogP) is 4.40. The van der Waals surface area contributed by atoms with E-state index in [-0.39, 0.29) is 11.8 Å². The van der Waals surface area contributed by atoms with E-state index in [0.717, 1.165) is 36.6 Å². The fourth-order valence-corrected chi connectivity index (χ4v) is 4.25. The number of hydrogen-bond donors (Lipinski definition) is 1. The Balaban J connectivity index is 1.97. The van der Waals surface area contributed by atoms with E-state index in [9.17, 15) is 13.2 Å². The number of thiophene rings is 1. The molecule has 0 amide bonds. The highest BCUT2D eigenvalue weighted by molar-refractivity contribution is 9.10. The quantitative estimate of drug-likeness (QED) is 0.792. The normalized spacial score (nSPS) is 17.7. The van der Waals surface area contributed by atoms with Crippen molar-refractivity contribution in [1.29, 1.82) is 0 Å². The lowest BCUT2D eigenvalue weighted by molar-refractivity contribution is -0.274. The van der Waals surface area contributed by atoms with Crippen LogP contribution in [0.15, 0.2) is 40.2 Å². The molecule has 2 heterocycles. The number of halogens is 4. The Morgan fingerprint density at radius 1 is 1.21 bits per heavy atom. The SMILES string of the molecule is FC(F)(F)Oc1cc(Br)cc([C@H](c2cccs2)N2CCNCC2)c1. The van der Waals surface area contributed by atoms with Gasteiger partial charge in [0.05, 0.1) is 6.04 Å². The number of nitrogens with zero attached hydrogens (tertiary/aromatic N) is 1. The third-order valence-corrected chi connectivity index (χ3v) is 5.15. The number of ether oxygens (including phenoxy) is 1. The fraction of sp³-hybridized carbons (Fsp3) is 0.375. The van der Waals surface area contributed by atoms with Crippen LogP contribution in [-0.4, -0.2) is 37.4 Å². The highest BCUT2D eigenvalue weighted by Crippen LogP contribution is 2.36. The van der Waals surface area contributed by atoms with Gasteiger partial charge in [0.25, 0.3) is 0 Å². The maximum Gasteiger partial charge on any atom is 0.573 e. The molecule has 0 spiro atoms. The zero-order chi connectivity index (χ0) is 17.2. The first kappa shape index (κ1) is 17.7. The van der Waals surface area contributed by atoms with Crippen LogP contribution in [0.5, 0.6) is 5.75 Å². The first-order valence-corrected chi connectivity index (χ1v) is 9.14. The summed E-state index contributed by atoms with van der Waals surface area (Å²) in [7, 11) is 0. The average Bonchev–Trinajstić information content (AvgIpc) is 3.00. The first-order chi connectivity index (χ1) is 11.4. The van der Waals surface area contributed by atoms with Gasteiger partial charge in [0, 0.05) is 35.5 Å². The van der Waals surface area contributed by atoms with Crippen molar-refractivity contribution in [3.05, 3.63) is 50.6 Å². The third-order valence-electron chi connectivity index (χ3n) is 3.77. The topological polar surface area (TPSA) is 24.5 Å². The van der Waals surface area contributed by atoms with E-state index in [1.54, 1.807) is 11.3 Å². The van der Waals surface area contributed by atoms with Crippen molar-refractivity contribution < 1.29 is 17.9 Å². The van der Waals surface area contributed by atoms with Gasteiger partial charge in [-0.3, -0.25) is 4.90 Å². The molecule has 1 saturated heterocycles. The molecule has 2 aromatic rings. The summed E-state index contributed by atoms with van der Waals surface area (Å²) in [6, 6.07) is 8.56. The predicted molar refractivity (Wildman–Crippen MR) is 91.4 cm³/mol. The van der Waals surface area contributed by atoms with Crippen molar-refractivity contribution in [2.45, 2.75) is 12.4 Å². The molecule has 1 fully saturated rings. The Kier molecular flexibility index (Phi) is 5.49. The van der Waals surface area contributed by atoms with Crippen LogP contribution < -0.4 is 10.1 Å². The lowest BCUT2D eigenvalue weighted by Gasteiger charge is -2.35. The van der Waals surface area contributed by atoms with Crippen LogP contribution >= 0.6 is 27.3 Å².